The monoisotopic (exact) mass is 213 g/mol. The molecule has 1 aliphatic rings. The molecule has 0 aromatic heterocycles. The van der Waals surface area contributed by atoms with E-state index in [9.17, 15) is 9.59 Å². The lowest BCUT2D eigenvalue weighted by Gasteiger charge is -2.34. The average Bonchev–Trinajstić information content (AvgIpc) is 2.16. The first-order valence-corrected chi connectivity index (χ1v) is 4.85. The predicted molar refractivity (Wildman–Crippen MR) is 53.7 cm³/mol. The van der Waals surface area contributed by atoms with Gasteiger partial charge in [-0.05, 0) is 5.92 Å². The van der Waals surface area contributed by atoms with Crippen LogP contribution in [0.1, 0.15) is 20.3 Å². The van der Waals surface area contributed by atoms with Gasteiger partial charge in [-0.1, -0.05) is 19.9 Å². The Labute approximate surface area is 88.0 Å². The molecule has 0 bridgehead atoms. The van der Waals surface area contributed by atoms with E-state index in [0.717, 1.165) is 0 Å². The highest BCUT2D eigenvalue weighted by atomic mass is 16.4. The van der Waals surface area contributed by atoms with Crippen LogP contribution in [0.25, 0.3) is 0 Å². The third-order valence-electron chi connectivity index (χ3n) is 2.65. The molecule has 15 heavy (non-hydrogen) atoms. The maximum Gasteiger partial charge on any atom is 0.407 e. The third-order valence-corrected chi connectivity index (χ3v) is 2.65. The first kappa shape index (κ1) is 11.6. The molecule has 0 aromatic carbocycles. The zero-order valence-electron chi connectivity index (χ0n) is 8.80. The Hall–Kier alpha value is -1.52. The van der Waals surface area contributed by atoms with Crippen LogP contribution >= 0.6 is 0 Å². The van der Waals surface area contributed by atoms with Crippen molar-refractivity contribution in [1.29, 1.82) is 0 Å². The van der Waals surface area contributed by atoms with Gasteiger partial charge in [-0.2, -0.15) is 0 Å². The quantitative estimate of drug-likeness (QED) is 0.726. The minimum atomic E-state index is -0.991. The molecule has 84 valence electrons. The highest BCUT2D eigenvalue weighted by molar-refractivity contribution is 5.87. The zero-order chi connectivity index (χ0) is 11.6. The number of amides is 1. The molecule has 0 fully saturated rings. The van der Waals surface area contributed by atoms with Crippen molar-refractivity contribution in [2.45, 2.75) is 26.3 Å². The van der Waals surface area contributed by atoms with E-state index in [1.807, 2.05) is 13.8 Å². The molecule has 1 amide bonds. The molecule has 1 rings (SSSR count). The lowest BCUT2D eigenvalue weighted by molar-refractivity contribution is -0.133. The topological polar surface area (TPSA) is 77.8 Å². The number of hydrogen-bond acceptors (Lipinski definition) is 2. The summed E-state index contributed by atoms with van der Waals surface area (Å²) in [5, 5.41) is 17.8. The van der Waals surface area contributed by atoms with E-state index < -0.39 is 12.1 Å². The highest BCUT2D eigenvalue weighted by Crippen LogP contribution is 2.23. The standard InChI is InChI=1S/C10H15NO4/c1-6(2)8-5-7(9(12)13)3-4-11(8)10(14)15/h3,6,8H,4-5H2,1-2H3,(H,12,13)(H,14,15)/t8-/m0/s1. The molecule has 0 radical (unpaired) electrons. The second-order valence-electron chi connectivity index (χ2n) is 3.98. The molecule has 2 N–H and O–H groups in total. The molecule has 0 saturated carbocycles. The summed E-state index contributed by atoms with van der Waals surface area (Å²) in [5.41, 5.74) is 0.311. The second-order valence-corrected chi connectivity index (χ2v) is 3.98. The SMILES string of the molecule is CC(C)[C@@H]1CC(C(=O)O)=CCN1C(=O)O. The Morgan fingerprint density at radius 3 is 2.47 bits per heavy atom. The van der Waals surface area contributed by atoms with Gasteiger partial charge in [0.15, 0.2) is 0 Å². The summed E-state index contributed by atoms with van der Waals surface area (Å²) in [7, 11) is 0. The van der Waals surface area contributed by atoms with Gasteiger partial charge < -0.3 is 15.1 Å². The summed E-state index contributed by atoms with van der Waals surface area (Å²) in [4.78, 5) is 22.9. The van der Waals surface area contributed by atoms with Crippen molar-refractivity contribution < 1.29 is 19.8 Å². The van der Waals surface area contributed by atoms with E-state index in [4.69, 9.17) is 10.2 Å². The number of carboxylic acids is 1. The fourth-order valence-electron chi connectivity index (χ4n) is 1.75. The van der Waals surface area contributed by atoms with Gasteiger partial charge in [-0.3, -0.25) is 0 Å². The number of carbonyl (C=O) groups is 2. The summed E-state index contributed by atoms with van der Waals surface area (Å²) in [6, 6.07) is -0.237. The molecule has 0 unspecified atom stereocenters. The summed E-state index contributed by atoms with van der Waals surface area (Å²) in [6.07, 6.45) is 0.767. The molecular formula is C10H15NO4. The van der Waals surface area contributed by atoms with Crippen molar-refractivity contribution in [3.8, 4) is 0 Å². The van der Waals surface area contributed by atoms with Crippen molar-refractivity contribution in [1.82, 2.24) is 4.90 Å². The summed E-state index contributed by atoms with van der Waals surface area (Å²) < 4.78 is 0. The minimum absolute atomic E-state index is 0.115. The number of carboxylic acid groups (broad SMARTS) is 2. The van der Waals surface area contributed by atoms with Gasteiger partial charge in [-0.15, -0.1) is 0 Å². The number of hydrogen-bond donors (Lipinski definition) is 2. The van der Waals surface area contributed by atoms with Gasteiger partial charge in [0.2, 0.25) is 0 Å². The lowest BCUT2D eigenvalue weighted by Crippen LogP contribution is -2.45. The smallest absolute Gasteiger partial charge is 0.407 e. The van der Waals surface area contributed by atoms with E-state index in [-0.39, 0.29) is 18.5 Å². The normalized spacial score (nSPS) is 21.4. The van der Waals surface area contributed by atoms with Crippen molar-refractivity contribution in [3.63, 3.8) is 0 Å². The van der Waals surface area contributed by atoms with E-state index >= 15 is 0 Å². The Balaban J connectivity index is 2.87. The molecule has 1 aliphatic heterocycles. The molecule has 5 heteroatoms. The summed E-state index contributed by atoms with van der Waals surface area (Å²) >= 11 is 0. The van der Waals surface area contributed by atoms with Gasteiger partial charge in [0.1, 0.15) is 0 Å². The van der Waals surface area contributed by atoms with Crippen LogP contribution < -0.4 is 0 Å². The lowest BCUT2D eigenvalue weighted by atomic mass is 9.92. The van der Waals surface area contributed by atoms with Crippen molar-refractivity contribution >= 4 is 12.1 Å². The highest BCUT2D eigenvalue weighted by Gasteiger charge is 2.31. The van der Waals surface area contributed by atoms with Crippen LogP contribution in [-0.4, -0.2) is 39.8 Å². The van der Waals surface area contributed by atoms with Crippen LogP contribution in [0.2, 0.25) is 0 Å². The van der Waals surface area contributed by atoms with Gasteiger partial charge in [0.05, 0.1) is 0 Å². The van der Waals surface area contributed by atoms with Crippen LogP contribution in [0.4, 0.5) is 4.79 Å². The van der Waals surface area contributed by atoms with Crippen molar-refractivity contribution in [3.05, 3.63) is 11.6 Å². The molecule has 1 atom stereocenters. The van der Waals surface area contributed by atoms with E-state index in [2.05, 4.69) is 0 Å². The minimum Gasteiger partial charge on any atom is -0.478 e. The predicted octanol–water partition coefficient (Wildman–Crippen LogP) is 1.41. The third kappa shape index (κ3) is 2.49. The fraction of sp³-hybridized carbons (Fsp3) is 0.600. The van der Waals surface area contributed by atoms with E-state index in [0.29, 0.717) is 12.0 Å². The molecule has 5 nitrogen and oxygen atoms in total. The summed E-state index contributed by atoms with van der Waals surface area (Å²) in [5.74, 6) is -0.838. The first-order valence-electron chi connectivity index (χ1n) is 4.85. The maximum absolute atomic E-state index is 10.9. The molecule has 0 aromatic rings. The van der Waals surface area contributed by atoms with Gasteiger partial charge in [0.25, 0.3) is 0 Å². The van der Waals surface area contributed by atoms with Crippen molar-refractivity contribution in [2.75, 3.05) is 6.54 Å². The Morgan fingerprint density at radius 1 is 1.47 bits per heavy atom. The van der Waals surface area contributed by atoms with Crippen LogP contribution in [0.5, 0.6) is 0 Å². The van der Waals surface area contributed by atoms with E-state index in [1.54, 1.807) is 0 Å². The Kier molecular flexibility index (Phi) is 3.34. The van der Waals surface area contributed by atoms with Gasteiger partial charge in [0, 0.05) is 24.6 Å². The Morgan fingerprint density at radius 2 is 2.07 bits per heavy atom. The van der Waals surface area contributed by atoms with Gasteiger partial charge >= 0.3 is 12.1 Å². The van der Waals surface area contributed by atoms with Crippen LogP contribution in [0, 0.1) is 5.92 Å². The van der Waals surface area contributed by atoms with Gasteiger partial charge in [-0.25, -0.2) is 9.59 Å². The number of nitrogens with zero attached hydrogens (tertiary/aromatic N) is 1. The zero-order valence-corrected chi connectivity index (χ0v) is 8.80. The second kappa shape index (κ2) is 4.33. The van der Waals surface area contributed by atoms with Crippen LogP contribution in [-0.2, 0) is 4.79 Å². The van der Waals surface area contributed by atoms with Crippen LogP contribution in [0.3, 0.4) is 0 Å². The maximum atomic E-state index is 10.9. The van der Waals surface area contributed by atoms with Crippen LogP contribution in [0.15, 0.2) is 11.6 Å². The molecule has 0 spiro atoms. The number of aliphatic carboxylic acids is 1. The molecular weight excluding hydrogens is 198 g/mol. The first-order chi connectivity index (χ1) is 6.93. The Bertz CT molecular complexity index is 309. The largest absolute Gasteiger partial charge is 0.478 e. The molecule has 0 saturated heterocycles. The average molecular weight is 213 g/mol. The number of rotatable bonds is 2. The summed E-state index contributed by atoms with van der Waals surface area (Å²) in [6.45, 7) is 3.95. The molecule has 0 aliphatic carbocycles. The molecule has 1 heterocycles. The fourth-order valence-corrected chi connectivity index (χ4v) is 1.75. The van der Waals surface area contributed by atoms with E-state index in [1.165, 1.54) is 11.0 Å². The van der Waals surface area contributed by atoms with Crippen molar-refractivity contribution in [2.24, 2.45) is 5.92 Å².